The van der Waals surface area contributed by atoms with Gasteiger partial charge in [0.1, 0.15) is 11.2 Å². The molecule has 1 atom stereocenters. The maximum absolute atomic E-state index is 12.6. The largest absolute Gasteiger partial charge is 0.493 e. The highest BCUT2D eigenvalue weighted by molar-refractivity contribution is 9.10. The molecule has 21 heavy (non-hydrogen) atoms. The van der Waals surface area contributed by atoms with Gasteiger partial charge >= 0.3 is 0 Å². The van der Waals surface area contributed by atoms with E-state index in [-0.39, 0.29) is 5.78 Å². The number of carbonyl (C=O) groups is 1. The summed E-state index contributed by atoms with van der Waals surface area (Å²) in [5.74, 6) is 0.821. The van der Waals surface area contributed by atoms with Crippen LogP contribution in [0.1, 0.15) is 39.5 Å². The van der Waals surface area contributed by atoms with Crippen LogP contribution in [0.5, 0.6) is 5.75 Å². The molecule has 0 aromatic heterocycles. The molecule has 1 aromatic carbocycles. The Hall–Kier alpha value is -1.34. The lowest BCUT2D eigenvalue weighted by Crippen LogP contribution is -2.44. The Morgan fingerprint density at radius 1 is 1.38 bits per heavy atom. The summed E-state index contributed by atoms with van der Waals surface area (Å²) < 4.78 is 6.65. The van der Waals surface area contributed by atoms with Crippen LogP contribution in [0.2, 0.25) is 0 Å². The Kier molecular flexibility index (Phi) is 4.73. The van der Waals surface area contributed by atoms with E-state index >= 15 is 0 Å². The highest BCUT2D eigenvalue weighted by atomic mass is 79.9. The number of benzene rings is 1. The number of carbonyl (C=O) groups excluding carboxylic acids is 1. The van der Waals surface area contributed by atoms with E-state index in [1.54, 1.807) is 0 Å². The molecular formula is C17H20BrNO2. The van der Waals surface area contributed by atoms with Gasteiger partial charge in [0.05, 0.1) is 12.7 Å². The minimum atomic E-state index is -0.881. The number of ether oxygens (including phenoxy) is 1. The van der Waals surface area contributed by atoms with Crippen LogP contribution in [0.3, 0.4) is 0 Å². The summed E-state index contributed by atoms with van der Waals surface area (Å²) in [6.45, 7) is 4.26. The smallest absolute Gasteiger partial charge is 0.158 e. The van der Waals surface area contributed by atoms with Crippen molar-refractivity contribution < 1.29 is 9.53 Å². The summed E-state index contributed by atoms with van der Waals surface area (Å²) >= 11 is 3.39. The predicted octanol–water partition coefficient (Wildman–Crippen LogP) is 4.51. The van der Waals surface area contributed by atoms with E-state index in [1.807, 2.05) is 38.1 Å². The lowest BCUT2D eigenvalue weighted by molar-refractivity contribution is -0.139. The molecule has 0 bridgehead atoms. The number of nitriles is 1. The zero-order valence-corrected chi connectivity index (χ0v) is 14.1. The van der Waals surface area contributed by atoms with Crippen LogP contribution in [-0.4, -0.2) is 12.4 Å². The van der Waals surface area contributed by atoms with E-state index in [0.29, 0.717) is 19.4 Å². The Morgan fingerprint density at radius 2 is 2.14 bits per heavy atom. The van der Waals surface area contributed by atoms with Gasteiger partial charge < -0.3 is 4.74 Å². The second-order valence-electron chi connectivity index (χ2n) is 6.32. The fourth-order valence-corrected chi connectivity index (χ4v) is 3.39. The molecular weight excluding hydrogens is 330 g/mol. The highest BCUT2D eigenvalue weighted by Crippen LogP contribution is 2.44. The number of nitrogens with zero attached hydrogens (tertiary/aromatic N) is 1. The van der Waals surface area contributed by atoms with E-state index in [0.717, 1.165) is 23.1 Å². The van der Waals surface area contributed by atoms with Crippen LogP contribution >= 0.6 is 15.9 Å². The number of hydrogen-bond donors (Lipinski definition) is 0. The minimum absolute atomic E-state index is 0.0709. The van der Waals surface area contributed by atoms with Crippen molar-refractivity contribution in [1.82, 2.24) is 0 Å². The normalized spacial score (nSPS) is 24.4. The van der Waals surface area contributed by atoms with Gasteiger partial charge in [-0.3, -0.25) is 4.79 Å². The molecule has 0 heterocycles. The van der Waals surface area contributed by atoms with Crippen LogP contribution in [0.25, 0.3) is 0 Å². The summed E-state index contributed by atoms with van der Waals surface area (Å²) in [5.41, 5.74) is -1.28. The van der Waals surface area contributed by atoms with Gasteiger partial charge in [-0.1, -0.05) is 42.3 Å². The summed E-state index contributed by atoms with van der Waals surface area (Å²) in [6.07, 6.45) is 2.89. The average Bonchev–Trinajstić information content (AvgIpc) is 2.44. The Morgan fingerprint density at radius 3 is 2.81 bits per heavy atom. The molecule has 0 aliphatic heterocycles. The first-order chi connectivity index (χ1) is 9.89. The second kappa shape index (κ2) is 6.19. The number of Topliss-reactive ketones (excluding diaryl/α,β-unsaturated/α-hetero) is 1. The SMILES string of the molecule is CC1(C)CCCC(C#N)(CCOc2cccc(Br)c2)C1=O. The van der Waals surface area contributed by atoms with Crippen molar-refractivity contribution in [2.24, 2.45) is 10.8 Å². The van der Waals surface area contributed by atoms with Crippen molar-refractivity contribution in [3.63, 3.8) is 0 Å². The lowest BCUT2D eigenvalue weighted by atomic mass is 9.62. The summed E-state index contributed by atoms with van der Waals surface area (Å²) in [7, 11) is 0. The number of rotatable bonds is 4. The van der Waals surface area contributed by atoms with Crippen molar-refractivity contribution in [3.8, 4) is 11.8 Å². The molecule has 1 unspecified atom stereocenters. The molecule has 4 heteroatoms. The molecule has 0 amide bonds. The third-order valence-corrected chi connectivity index (χ3v) is 4.76. The maximum Gasteiger partial charge on any atom is 0.158 e. The Bertz CT molecular complexity index is 576. The van der Waals surface area contributed by atoms with Crippen molar-refractivity contribution in [3.05, 3.63) is 28.7 Å². The second-order valence-corrected chi connectivity index (χ2v) is 7.23. The van der Waals surface area contributed by atoms with Gasteiger partial charge in [-0.15, -0.1) is 0 Å². The van der Waals surface area contributed by atoms with E-state index in [1.165, 1.54) is 0 Å². The molecule has 1 saturated carbocycles. The third kappa shape index (κ3) is 3.47. The minimum Gasteiger partial charge on any atom is -0.493 e. The van der Waals surface area contributed by atoms with Crippen LogP contribution in [0.15, 0.2) is 28.7 Å². The van der Waals surface area contributed by atoms with Gasteiger partial charge in [-0.05, 0) is 31.0 Å². The molecule has 0 radical (unpaired) electrons. The van der Waals surface area contributed by atoms with Crippen molar-refractivity contribution >= 4 is 21.7 Å². The lowest BCUT2D eigenvalue weighted by Gasteiger charge is -2.38. The maximum atomic E-state index is 12.6. The molecule has 112 valence electrons. The van der Waals surface area contributed by atoms with E-state index in [4.69, 9.17) is 4.74 Å². The van der Waals surface area contributed by atoms with E-state index in [9.17, 15) is 10.1 Å². The first-order valence-electron chi connectivity index (χ1n) is 7.24. The van der Waals surface area contributed by atoms with Gasteiger partial charge in [-0.25, -0.2) is 0 Å². The number of halogens is 1. The Labute approximate surface area is 134 Å². The van der Waals surface area contributed by atoms with E-state index in [2.05, 4.69) is 22.0 Å². The van der Waals surface area contributed by atoms with Crippen LogP contribution < -0.4 is 4.74 Å². The number of hydrogen-bond acceptors (Lipinski definition) is 3. The first kappa shape index (κ1) is 16.0. The third-order valence-electron chi connectivity index (χ3n) is 4.26. The van der Waals surface area contributed by atoms with Crippen molar-refractivity contribution in [2.45, 2.75) is 39.5 Å². The van der Waals surface area contributed by atoms with Gasteiger partial charge in [0.2, 0.25) is 0 Å². The van der Waals surface area contributed by atoms with E-state index < -0.39 is 10.8 Å². The number of ketones is 1. The fourth-order valence-electron chi connectivity index (χ4n) is 3.01. The van der Waals surface area contributed by atoms with Crippen molar-refractivity contribution in [2.75, 3.05) is 6.61 Å². The molecule has 0 spiro atoms. The van der Waals surface area contributed by atoms with Gasteiger partial charge in [-0.2, -0.15) is 5.26 Å². The van der Waals surface area contributed by atoms with Crippen LogP contribution in [0, 0.1) is 22.2 Å². The van der Waals surface area contributed by atoms with Gasteiger partial charge in [0.15, 0.2) is 5.78 Å². The average molecular weight is 350 g/mol. The molecule has 0 N–H and O–H groups in total. The monoisotopic (exact) mass is 349 g/mol. The molecule has 0 saturated heterocycles. The first-order valence-corrected chi connectivity index (χ1v) is 8.03. The topological polar surface area (TPSA) is 50.1 Å². The van der Waals surface area contributed by atoms with Gasteiger partial charge in [0, 0.05) is 16.3 Å². The molecule has 1 fully saturated rings. The molecule has 3 nitrogen and oxygen atoms in total. The molecule has 1 aromatic rings. The van der Waals surface area contributed by atoms with Crippen molar-refractivity contribution in [1.29, 1.82) is 5.26 Å². The summed E-state index contributed by atoms with van der Waals surface area (Å²) in [5, 5.41) is 9.55. The molecule has 1 aliphatic carbocycles. The van der Waals surface area contributed by atoms with Gasteiger partial charge in [0.25, 0.3) is 0 Å². The predicted molar refractivity (Wildman–Crippen MR) is 84.9 cm³/mol. The standard InChI is InChI=1S/C17H20BrNO2/c1-16(2)7-4-8-17(12-19,15(16)20)9-10-21-14-6-3-5-13(18)11-14/h3,5-6,11H,4,7-10H2,1-2H3. The van der Waals surface area contributed by atoms with Crippen LogP contribution in [0.4, 0.5) is 0 Å². The fraction of sp³-hybridized carbons (Fsp3) is 0.529. The van der Waals surface area contributed by atoms with Crippen LogP contribution in [-0.2, 0) is 4.79 Å². The molecule has 1 aliphatic rings. The quantitative estimate of drug-likeness (QED) is 0.803. The highest BCUT2D eigenvalue weighted by Gasteiger charge is 2.48. The molecule has 2 rings (SSSR count). The Balaban J connectivity index is 2.03. The zero-order chi connectivity index (χ0) is 15.5. The summed E-state index contributed by atoms with van der Waals surface area (Å²) in [6, 6.07) is 9.86. The summed E-state index contributed by atoms with van der Waals surface area (Å²) in [4.78, 5) is 12.6. The zero-order valence-electron chi connectivity index (χ0n) is 12.5.